The van der Waals surface area contributed by atoms with Gasteiger partial charge in [0.15, 0.2) is 0 Å². The number of amides is 1. The van der Waals surface area contributed by atoms with E-state index in [4.69, 9.17) is 0 Å². The van der Waals surface area contributed by atoms with Crippen LogP contribution in [-0.4, -0.2) is 11.9 Å². The van der Waals surface area contributed by atoms with Gasteiger partial charge in [0, 0.05) is 16.9 Å². The van der Waals surface area contributed by atoms with Crippen molar-refractivity contribution in [3.05, 3.63) is 70.2 Å². The number of hydrogen-bond donors (Lipinski definition) is 1. The Balaban J connectivity index is 1.68. The summed E-state index contributed by atoms with van der Waals surface area (Å²) >= 11 is 3.44. The predicted molar refractivity (Wildman–Crippen MR) is 94.8 cm³/mol. The molecule has 0 saturated heterocycles. The molecule has 2 rings (SSSR count). The first-order chi connectivity index (χ1) is 10.6. The Hall–Kier alpha value is -1.61. The highest BCUT2D eigenvalue weighted by Gasteiger charge is 2.08. The van der Waals surface area contributed by atoms with Gasteiger partial charge < -0.3 is 5.32 Å². The van der Waals surface area contributed by atoms with E-state index in [-0.39, 0.29) is 11.9 Å². The third-order valence-electron chi connectivity index (χ3n) is 3.67. The number of hydrogen-bond acceptors (Lipinski definition) is 1. The number of halogens is 1. The Labute approximate surface area is 141 Å². The Bertz CT molecular complexity index is 580. The second-order valence-electron chi connectivity index (χ2n) is 5.62. The minimum Gasteiger partial charge on any atom is -0.354 e. The zero-order chi connectivity index (χ0) is 15.8. The van der Waals surface area contributed by atoms with Crippen molar-refractivity contribution in [2.45, 2.75) is 38.6 Å². The van der Waals surface area contributed by atoms with Crippen LogP contribution in [0.4, 0.5) is 0 Å². The van der Waals surface area contributed by atoms with Crippen molar-refractivity contribution in [3.8, 4) is 0 Å². The van der Waals surface area contributed by atoms with Gasteiger partial charge in [0.2, 0.25) is 5.91 Å². The van der Waals surface area contributed by atoms with E-state index in [9.17, 15) is 4.79 Å². The minimum atomic E-state index is 0.132. The topological polar surface area (TPSA) is 29.1 Å². The maximum atomic E-state index is 12.0. The largest absolute Gasteiger partial charge is 0.354 e. The molecule has 2 aromatic carbocycles. The quantitative estimate of drug-likeness (QED) is 0.773. The van der Waals surface area contributed by atoms with E-state index in [1.54, 1.807) is 0 Å². The lowest BCUT2D eigenvalue weighted by Gasteiger charge is -2.14. The number of benzene rings is 2. The molecule has 1 atom stereocenters. The molecule has 3 heteroatoms. The average molecular weight is 360 g/mol. The summed E-state index contributed by atoms with van der Waals surface area (Å²) in [4.78, 5) is 12.0. The van der Waals surface area contributed by atoms with E-state index < -0.39 is 0 Å². The molecule has 0 aliphatic rings. The van der Waals surface area contributed by atoms with Crippen LogP contribution in [0.1, 0.15) is 30.9 Å². The zero-order valence-corrected chi connectivity index (χ0v) is 14.5. The molecule has 0 bridgehead atoms. The smallest absolute Gasteiger partial charge is 0.220 e. The Morgan fingerprint density at radius 1 is 1.00 bits per heavy atom. The van der Waals surface area contributed by atoms with Gasteiger partial charge in [0.05, 0.1) is 0 Å². The summed E-state index contributed by atoms with van der Waals surface area (Å²) in [6.45, 7) is 2.07. The average Bonchev–Trinajstić information content (AvgIpc) is 2.53. The van der Waals surface area contributed by atoms with Gasteiger partial charge in [-0.15, -0.1) is 0 Å². The fraction of sp³-hybridized carbons (Fsp3) is 0.316. The van der Waals surface area contributed by atoms with Gasteiger partial charge in [-0.05, 0) is 49.4 Å². The van der Waals surface area contributed by atoms with Gasteiger partial charge in [0.25, 0.3) is 0 Å². The molecular weight excluding hydrogens is 338 g/mol. The fourth-order valence-corrected chi connectivity index (χ4v) is 2.62. The lowest BCUT2D eigenvalue weighted by Crippen LogP contribution is -2.33. The van der Waals surface area contributed by atoms with Crippen LogP contribution in [0, 0.1) is 0 Å². The van der Waals surface area contributed by atoms with Crippen LogP contribution in [0.25, 0.3) is 0 Å². The molecule has 0 aliphatic heterocycles. The van der Waals surface area contributed by atoms with Crippen LogP contribution >= 0.6 is 15.9 Å². The lowest BCUT2D eigenvalue weighted by atomic mass is 10.1. The molecule has 22 heavy (non-hydrogen) atoms. The highest BCUT2D eigenvalue weighted by molar-refractivity contribution is 9.10. The molecule has 0 saturated carbocycles. The monoisotopic (exact) mass is 359 g/mol. The third-order valence-corrected chi connectivity index (χ3v) is 4.20. The van der Waals surface area contributed by atoms with E-state index in [0.29, 0.717) is 6.42 Å². The van der Waals surface area contributed by atoms with Crippen molar-refractivity contribution in [1.29, 1.82) is 0 Å². The van der Waals surface area contributed by atoms with E-state index in [0.717, 1.165) is 23.7 Å². The summed E-state index contributed by atoms with van der Waals surface area (Å²) in [5.74, 6) is 0.132. The molecule has 0 aromatic heterocycles. The molecule has 1 unspecified atom stereocenters. The first kappa shape index (κ1) is 16.8. The van der Waals surface area contributed by atoms with E-state index in [2.05, 4.69) is 64.6 Å². The van der Waals surface area contributed by atoms with Crippen LogP contribution in [0.3, 0.4) is 0 Å². The maximum Gasteiger partial charge on any atom is 0.220 e. The second kappa shape index (κ2) is 8.74. The predicted octanol–water partition coefficient (Wildman–Crippen LogP) is 4.52. The Morgan fingerprint density at radius 3 is 2.32 bits per heavy atom. The summed E-state index contributed by atoms with van der Waals surface area (Å²) < 4.78 is 1.10. The lowest BCUT2D eigenvalue weighted by molar-refractivity contribution is -0.121. The highest BCUT2D eigenvalue weighted by atomic mass is 79.9. The molecule has 2 nitrogen and oxygen atoms in total. The van der Waals surface area contributed by atoms with Crippen molar-refractivity contribution >= 4 is 21.8 Å². The zero-order valence-electron chi connectivity index (χ0n) is 12.9. The molecule has 2 aromatic rings. The Kier molecular flexibility index (Phi) is 6.66. The van der Waals surface area contributed by atoms with Crippen LogP contribution in [0.15, 0.2) is 59.1 Å². The summed E-state index contributed by atoms with van der Waals surface area (Å²) in [5, 5.41) is 3.08. The molecule has 0 heterocycles. The highest BCUT2D eigenvalue weighted by Crippen LogP contribution is 2.12. The molecule has 1 N–H and O–H groups in total. The molecule has 0 spiro atoms. The van der Waals surface area contributed by atoms with Crippen molar-refractivity contribution in [2.75, 3.05) is 0 Å². The molecule has 0 fully saturated rings. The molecule has 0 aliphatic carbocycles. The minimum absolute atomic E-state index is 0.132. The molecule has 1 amide bonds. The van der Waals surface area contributed by atoms with Crippen molar-refractivity contribution < 1.29 is 4.79 Å². The maximum absolute atomic E-state index is 12.0. The molecule has 116 valence electrons. The standard InChI is InChI=1S/C19H22BrNO/c1-15(7-8-17-9-12-18(20)13-10-17)21-19(22)14-11-16-5-3-2-4-6-16/h2-6,9-10,12-13,15H,7-8,11,14H2,1H3,(H,21,22). The summed E-state index contributed by atoms with van der Waals surface area (Å²) in [7, 11) is 0. The van der Waals surface area contributed by atoms with Gasteiger partial charge in [0.1, 0.15) is 0 Å². The third kappa shape index (κ3) is 6.02. The van der Waals surface area contributed by atoms with Crippen molar-refractivity contribution in [1.82, 2.24) is 5.32 Å². The first-order valence-corrected chi connectivity index (χ1v) is 8.50. The van der Waals surface area contributed by atoms with Crippen molar-refractivity contribution in [3.63, 3.8) is 0 Å². The van der Waals surface area contributed by atoms with Gasteiger partial charge in [-0.25, -0.2) is 0 Å². The van der Waals surface area contributed by atoms with Crippen LogP contribution in [0.5, 0.6) is 0 Å². The van der Waals surface area contributed by atoms with Gasteiger partial charge in [-0.1, -0.05) is 58.4 Å². The van der Waals surface area contributed by atoms with Crippen LogP contribution < -0.4 is 5.32 Å². The van der Waals surface area contributed by atoms with E-state index in [1.165, 1.54) is 11.1 Å². The first-order valence-electron chi connectivity index (χ1n) is 7.71. The Morgan fingerprint density at radius 2 is 1.64 bits per heavy atom. The summed E-state index contributed by atoms with van der Waals surface area (Å²) in [6, 6.07) is 18.7. The van der Waals surface area contributed by atoms with E-state index >= 15 is 0 Å². The van der Waals surface area contributed by atoms with Crippen LogP contribution in [-0.2, 0) is 17.6 Å². The fourth-order valence-electron chi connectivity index (χ4n) is 2.36. The van der Waals surface area contributed by atoms with E-state index in [1.807, 2.05) is 18.2 Å². The molecular formula is C19H22BrNO. The summed E-state index contributed by atoms with van der Waals surface area (Å²) in [5.41, 5.74) is 2.51. The number of carbonyl (C=O) groups excluding carboxylic acids is 1. The number of aryl methyl sites for hydroxylation is 2. The van der Waals surface area contributed by atoms with Gasteiger partial charge in [-0.3, -0.25) is 4.79 Å². The second-order valence-corrected chi connectivity index (χ2v) is 6.53. The van der Waals surface area contributed by atoms with Gasteiger partial charge >= 0.3 is 0 Å². The van der Waals surface area contributed by atoms with Gasteiger partial charge in [-0.2, -0.15) is 0 Å². The number of carbonyl (C=O) groups is 1. The SMILES string of the molecule is CC(CCc1ccc(Br)cc1)NC(=O)CCc1ccccc1. The normalized spacial score (nSPS) is 11.9. The van der Waals surface area contributed by atoms with Crippen molar-refractivity contribution in [2.24, 2.45) is 0 Å². The van der Waals surface area contributed by atoms with Crippen LogP contribution in [0.2, 0.25) is 0 Å². The molecule has 0 radical (unpaired) electrons. The number of rotatable bonds is 7. The number of nitrogens with one attached hydrogen (secondary N) is 1. The summed E-state index contributed by atoms with van der Waals surface area (Å²) in [6.07, 6.45) is 3.28.